The van der Waals surface area contributed by atoms with Crippen LogP contribution in [0.15, 0.2) is 29.3 Å². The molecule has 0 spiro atoms. The zero-order chi connectivity index (χ0) is 13.4. The van der Waals surface area contributed by atoms with Crippen molar-refractivity contribution >= 4 is 21.8 Å². The molecule has 2 aromatic rings. The van der Waals surface area contributed by atoms with Gasteiger partial charge in [-0.3, -0.25) is 9.78 Å². The molecule has 1 amide bonds. The summed E-state index contributed by atoms with van der Waals surface area (Å²) in [6.07, 6.45) is 6.23. The van der Waals surface area contributed by atoms with Crippen LogP contribution in [-0.2, 0) is 20.0 Å². The van der Waals surface area contributed by atoms with E-state index < -0.39 is 0 Å². The number of hydrogen-bond acceptors (Lipinski definition) is 3. The molecule has 2 aromatic heterocycles. The molecule has 0 radical (unpaired) electrons. The third kappa shape index (κ3) is 2.28. The molecular weight excluding hydrogens is 308 g/mol. The lowest BCUT2D eigenvalue weighted by molar-refractivity contribution is 0.0779. The zero-order valence-corrected chi connectivity index (χ0v) is 12.1. The van der Waals surface area contributed by atoms with Gasteiger partial charge in [-0.2, -0.15) is 0 Å². The summed E-state index contributed by atoms with van der Waals surface area (Å²) in [7, 11) is 1.94. The van der Waals surface area contributed by atoms with Gasteiger partial charge in [0.2, 0.25) is 0 Å². The van der Waals surface area contributed by atoms with E-state index in [9.17, 15) is 4.79 Å². The molecule has 0 saturated carbocycles. The van der Waals surface area contributed by atoms with Crippen LogP contribution in [0, 0.1) is 0 Å². The van der Waals surface area contributed by atoms with Gasteiger partial charge in [-0.05, 0) is 22.0 Å². The maximum Gasteiger partial charge on any atom is 0.257 e. The van der Waals surface area contributed by atoms with Crippen LogP contribution in [0.25, 0.3) is 0 Å². The fourth-order valence-corrected chi connectivity index (χ4v) is 2.78. The second kappa shape index (κ2) is 4.77. The first-order valence-corrected chi connectivity index (χ1v) is 6.84. The number of amides is 1. The molecule has 0 N–H and O–H groups in total. The topological polar surface area (TPSA) is 51.0 Å². The Labute approximate surface area is 119 Å². The summed E-state index contributed by atoms with van der Waals surface area (Å²) in [5.74, 6) is 0.0471. The SMILES string of the molecule is Cn1cnc(CCN2Cc3nccc(Br)c3C2=O)c1. The maximum absolute atomic E-state index is 12.3. The highest BCUT2D eigenvalue weighted by Crippen LogP contribution is 2.27. The first-order chi connectivity index (χ1) is 9.15. The van der Waals surface area contributed by atoms with Crippen molar-refractivity contribution in [3.63, 3.8) is 0 Å². The van der Waals surface area contributed by atoms with E-state index in [-0.39, 0.29) is 5.91 Å². The average Bonchev–Trinajstić information content (AvgIpc) is 2.92. The van der Waals surface area contributed by atoms with Crippen LogP contribution >= 0.6 is 15.9 Å². The Bertz CT molecular complexity index is 637. The first-order valence-electron chi connectivity index (χ1n) is 6.04. The zero-order valence-electron chi connectivity index (χ0n) is 10.5. The minimum Gasteiger partial charge on any atom is -0.340 e. The Morgan fingerprint density at radius 3 is 2.95 bits per heavy atom. The second-order valence-electron chi connectivity index (χ2n) is 4.62. The predicted octanol–water partition coefficient (Wildman–Crippen LogP) is 1.78. The summed E-state index contributed by atoms with van der Waals surface area (Å²) in [5, 5.41) is 0. The molecule has 0 unspecified atom stereocenters. The number of aromatic nitrogens is 3. The number of aryl methyl sites for hydroxylation is 1. The highest BCUT2D eigenvalue weighted by atomic mass is 79.9. The predicted molar refractivity (Wildman–Crippen MR) is 73.6 cm³/mol. The van der Waals surface area contributed by atoms with Gasteiger partial charge in [0, 0.05) is 36.9 Å². The number of rotatable bonds is 3. The van der Waals surface area contributed by atoms with Crippen LogP contribution in [-0.4, -0.2) is 31.9 Å². The van der Waals surface area contributed by atoms with Crippen molar-refractivity contribution < 1.29 is 4.79 Å². The van der Waals surface area contributed by atoms with Crippen molar-refractivity contribution in [3.05, 3.63) is 46.2 Å². The van der Waals surface area contributed by atoms with E-state index in [0.29, 0.717) is 18.7 Å². The Hall–Kier alpha value is -1.69. The van der Waals surface area contributed by atoms with E-state index in [4.69, 9.17) is 0 Å². The van der Waals surface area contributed by atoms with Gasteiger partial charge in [0.15, 0.2) is 0 Å². The lowest BCUT2D eigenvalue weighted by Crippen LogP contribution is -2.26. The molecule has 0 atom stereocenters. The largest absolute Gasteiger partial charge is 0.340 e. The molecular formula is C13H13BrN4O. The van der Waals surface area contributed by atoms with Gasteiger partial charge in [0.25, 0.3) is 5.91 Å². The summed E-state index contributed by atoms with van der Waals surface area (Å²) in [4.78, 5) is 22.6. The molecule has 3 heterocycles. The van der Waals surface area contributed by atoms with Crippen molar-refractivity contribution in [3.8, 4) is 0 Å². The number of hydrogen-bond donors (Lipinski definition) is 0. The molecule has 3 rings (SSSR count). The van der Waals surface area contributed by atoms with Gasteiger partial charge in [-0.1, -0.05) is 0 Å². The van der Waals surface area contributed by atoms with Crippen molar-refractivity contribution in [2.45, 2.75) is 13.0 Å². The van der Waals surface area contributed by atoms with Gasteiger partial charge in [-0.15, -0.1) is 0 Å². The quantitative estimate of drug-likeness (QED) is 0.866. The third-order valence-corrected chi connectivity index (χ3v) is 3.88. The minimum atomic E-state index is 0.0471. The Morgan fingerprint density at radius 2 is 2.26 bits per heavy atom. The summed E-state index contributed by atoms with van der Waals surface area (Å²) in [6, 6.07) is 1.80. The summed E-state index contributed by atoms with van der Waals surface area (Å²) in [6.45, 7) is 1.25. The van der Waals surface area contributed by atoms with Crippen molar-refractivity contribution in [2.24, 2.45) is 7.05 Å². The average molecular weight is 321 g/mol. The number of pyridine rings is 1. The molecule has 5 nitrogen and oxygen atoms in total. The van der Waals surface area contributed by atoms with E-state index in [1.54, 1.807) is 18.6 Å². The fourth-order valence-electron chi connectivity index (χ4n) is 2.26. The maximum atomic E-state index is 12.3. The number of halogens is 1. The van der Waals surface area contributed by atoms with Crippen LogP contribution in [0.1, 0.15) is 21.7 Å². The molecule has 19 heavy (non-hydrogen) atoms. The lowest BCUT2D eigenvalue weighted by Gasteiger charge is -2.14. The summed E-state index contributed by atoms with van der Waals surface area (Å²) >= 11 is 3.41. The molecule has 0 aromatic carbocycles. The van der Waals surface area contributed by atoms with Gasteiger partial charge >= 0.3 is 0 Å². The number of nitrogens with zero attached hydrogens (tertiary/aromatic N) is 4. The van der Waals surface area contributed by atoms with Crippen LogP contribution in [0.2, 0.25) is 0 Å². The van der Waals surface area contributed by atoms with Crippen LogP contribution in [0.5, 0.6) is 0 Å². The molecule has 1 aliphatic heterocycles. The number of carbonyl (C=O) groups excluding carboxylic acids is 1. The second-order valence-corrected chi connectivity index (χ2v) is 5.48. The molecule has 1 aliphatic rings. The normalized spacial score (nSPS) is 14.0. The van der Waals surface area contributed by atoms with Crippen molar-refractivity contribution in [2.75, 3.05) is 6.54 Å². The van der Waals surface area contributed by atoms with E-state index in [0.717, 1.165) is 22.3 Å². The van der Waals surface area contributed by atoms with Crippen molar-refractivity contribution in [1.82, 2.24) is 19.4 Å². The van der Waals surface area contributed by atoms with Gasteiger partial charge in [0.1, 0.15) is 0 Å². The Kier molecular flexibility index (Phi) is 3.10. The molecule has 0 aliphatic carbocycles. The van der Waals surface area contributed by atoms with Gasteiger partial charge in [-0.25, -0.2) is 4.98 Å². The molecule has 0 bridgehead atoms. The van der Waals surface area contributed by atoms with E-state index >= 15 is 0 Å². The van der Waals surface area contributed by atoms with E-state index in [1.165, 1.54) is 0 Å². The van der Waals surface area contributed by atoms with Gasteiger partial charge in [0.05, 0.1) is 29.8 Å². The molecule has 6 heteroatoms. The van der Waals surface area contributed by atoms with Crippen LogP contribution < -0.4 is 0 Å². The number of carbonyl (C=O) groups is 1. The summed E-state index contributed by atoms with van der Waals surface area (Å²) < 4.78 is 2.73. The monoisotopic (exact) mass is 320 g/mol. The van der Waals surface area contributed by atoms with Crippen LogP contribution in [0.4, 0.5) is 0 Å². The smallest absolute Gasteiger partial charge is 0.257 e. The third-order valence-electron chi connectivity index (χ3n) is 3.22. The molecule has 0 fully saturated rings. The summed E-state index contributed by atoms with van der Waals surface area (Å²) in [5.41, 5.74) is 2.54. The van der Waals surface area contributed by atoms with Crippen LogP contribution in [0.3, 0.4) is 0 Å². The first kappa shape index (κ1) is 12.3. The van der Waals surface area contributed by atoms with E-state index in [2.05, 4.69) is 25.9 Å². The highest BCUT2D eigenvalue weighted by molar-refractivity contribution is 9.10. The van der Waals surface area contributed by atoms with Gasteiger partial charge < -0.3 is 9.47 Å². The highest BCUT2D eigenvalue weighted by Gasteiger charge is 2.30. The van der Waals surface area contributed by atoms with E-state index in [1.807, 2.05) is 22.7 Å². The van der Waals surface area contributed by atoms with Crippen molar-refractivity contribution in [1.29, 1.82) is 0 Å². The Morgan fingerprint density at radius 1 is 1.42 bits per heavy atom. The minimum absolute atomic E-state index is 0.0471. The number of imidazole rings is 1. The Balaban J connectivity index is 1.72. The molecule has 98 valence electrons. The standard InChI is InChI=1S/C13H13BrN4O/c1-17-6-9(16-8-17)3-5-18-7-11-12(13(18)19)10(14)2-4-15-11/h2,4,6,8H,3,5,7H2,1H3. The molecule has 0 saturated heterocycles. The lowest BCUT2D eigenvalue weighted by atomic mass is 10.2. The number of fused-ring (bicyclic) bond motifs is 1. The fraction of sp³-hybridized carbons (Fsp3) is 0.308.